The van der Waals surface area contributed by atoms with Crippen LogP contribution >= 0.6 is 0 Å². The lowest BCUT2D eigenvalue weighted by Crippen LogP contribution is -2.33. The van der Waals surface area contributed by atoms with Crippen molar-refractivity contribution in [3.8, 4) is 0 Å². The van der Waals surface area contributed by atoms with Gasteiger partial charge in [-0.1, -0.05) is 25.8 Å². The summed E-state index contributed by atoms with van der Waals surface area (Å²) >= 11 is 0. The normalized spacial score (nSPS) is 28.7. The summed E-state index contributed by atoms with van der Waals surface area (Å²) in [6.07, 6.45) is 9.50. The van der Waals surface area contributed by atoms with E-state index < -0.39 is 0 Å². The highest BCUT2D eigenvalue weighted by Crippen LogP contribution is 2.22. The molecule has 1 fully saturated rings. The van der Waals surface area contributed by atoms with Gasteiger partial charge in [-0.05, 0) is 38.2 Å². The molecule has 14 heavy (non-hydrogen) atoms. The van der Waals surface area contributed by atoms with Crippen molar-refractivity contribution in [1.82, 2.24) is 5.32 Å². The van der Waals surface area contributed by atoms with E-state index in [0.717, 1.165) is 18.8 Å². The van der Waals surface area contributed by atoms with Crippen LogP contribution in [0.2, 0.25) is 0 Å². The van der Waals surface area contributed by atoms with E-state index in [4.69, 9.17) is 0 Å². The minimum absolute atomic E-state index is 0.0621. The largest absolute Gasteiger partial charge is 0.350 e. The molecule has 2 nitrogen and oxygen atoms in total. The molecule has 2 heteroatoms. The zero-order valence-corrected chi connectivity index (χ0v) is 9.25. The van der Waals surface area contributed by atoms with Gasteiger partial charge < -0.3 is 5.32 Å². The Labute approximate surface area is 86.8 Å². The number of hydrogen-bond acceptors (Lipinski definition) is 1. The summed E-state index contributed by atoms with van der Waals surface area (Å²) in [6.45, 7) is 4.17. The molecule has 0 aromatic carbocycles. The number of nitrogens with one attached hydrogen (secondary N) is 1. The molecular weight excluding hydrogens is 174 g/mol. The number of rotatable bonds is 2. The first-order chi connectivity index (χ1) is 6.72. The second-order valence-electron chi connectivity index (χ2n) is 4.32. The number of carbonyl (C=O) groups is 1. The van der Waals surface area contributed by atoms with Crippen molar-refractivity contribution in [1.29, 1.82) is 0 Å². The lowest BCUT2D eigenvalue weighted by Gasteiger charge is -2.14. The average molecular weight is 195 g/mol. The Hall–Kier alpha value is -0.790. The van der Waals surface area contributed by atoms with Gasteiger partial charge in [-0.2, -0.15) is 0 Å². The van der Waals surface area contributed by atoms with E-state index in [2.05, 4.69) is 12.2 Å². The van der Waals surface area contributed by atoms with Gasteiger partial charge in [0.05, 0.1) is 0 Å². The summed E-state index contributed by atoms with van der Waals surface area (Å²) in [5.41, 5.74) is 0. The van der Waals surface area contributed by atoms with E-state index in [0.29, 0.717) is 6.04 Å². The zero-order valence-electron chi connectivity index (χ0n) is 9.25. The molecule has 0 spiro atoms. The standard InChI is InChI=1S/C12H21NO/c1-3-5-12(14)13-11-7-4-6-10(2)8-9-11/h3,5,10-11H,4,6-9H2,1-2H3,(H,13,14)/b5-3+. The maximum Gasteiger partial charge on any atom is 0.243 e. The van der Waals surface area contributed by atoms with Crippen molar-refractivity contribution < 1.29 is 4.79 Å². The van der Waals surface area contributed by atoms with Gasteiger partial charge in [-0.3, -0.25) is 4.79 Å². The molecule has 1 N–H and O–H groups in total. The highest BCUT2D eigenvalue weighted by Gasteiger charge is 2.16. The first kappa shape index (κ1) is 11.3. The summed E-state index contributed by atoms with van der Waals surface area (Å²) in [5, 5.41) is 3.05. The molecular formula is C12H21NO. The summed E-state index contributed by atoms with van der Waals surface area (Å²) < 4.78 is 0. The summed E-state index contributed by atoms with van der Waals surface area (Å²) in [4.78, 5) is 11.3. The second-order valence-corrected chi connectivity index (χ2v) is 4.32. The van der Waals surface area contributed by atoms with Gasteiger partial charge in [0, 0.05) is 6.04 Å². The first-order valence-electron chi connectivity index (χ1n) is 5.65. The van der Waals surface area contributed by atoms with Gasteiger partial charge in [0.15, 0.2) is 0 Å². The predicted molar refractivity (Wildman–Crippen MR) is 59.0 cm³/mol. The van der Waals surface area contributed by atoms with Crippen molar-refractivity contribution in [2.45, 2.75) is 52.0 Å². The summed E-state index contributed by atoms with van der Waals surface area (Å²) in [6, 6.07) is 0.406. The third-order valence-electron chi connectivity index (χ3n) is 2.92. The van der Waals surface area contributed by atoms with Gasteiger partial charge in [0.25, 0.3) is 0 Å². The molecule has 0 heterocycles. The van der Waals surface area contributed by atoms with E-state index in [1.807, 2.05) is 6.92 Å². The third kappa shape index (κ3) is 3.95. The molecule has 0 aliphatic heterocycles. The van der Waals surface area contributed by atoms with E-state index in [1.54, 1.807) is 12.2 Å². The maximum atomic E-state index is 11.3. The van der Waals surface area contributed by atoms with Crippen molar-refractivity contribution in [3.05, 3.63) is 12.2 Å². The fourth-order valence-electron chi connectivity index (χ4n) is 2.03. The Balaban J connectivity index is 2.33. The van der Waals surface area contributed by atoms with Crippen LogP contribution in [0.25, 0.3) is 0 Å². The maximum absolute atomic E-state index is 11.3. The Kier molecular flexibility index (Phi) is 4.71. The number of carbonyl (C=O) groups excluding carboxylic acids is 1. The Bertz CT molecular complexity index is 210. The molecule has 0 radical (unpaired) electrons. The van der Waals surface area contributed by atoms with Gasteiger partial charge in [-0.15, -0.1) is 0 Å². The monoisotopic (exact) mass is 195 g/mol. The van der Waals surface area contributed by atoms with Crippen LogP contribution in [0.1, 0.15) is 46.0 Å². The molecule has 1 rings (SSSR count). The van der Waals surface area contributed by atoms with Crippen LogP contribution in [0, 0.1) is 5.92 Å². The minimum atomic E-state index is 0.0621. The third-order valence-corrected chi connectivity index (χ3v) is 2.92. The first-order valence-corrected chi connectivity index (χ1v) is 5.65. The van der Waals surface area contributed by atoms with E-state index in [1.165, 1.54) is 19.3 Å². The van der Waals surface area contributed by atoms with Crippen molar-refractivity contribution in [2.24, 2.45) is 5.92 Å². The molecule has 1 aliphatic rings. The molecule has 0 bridgehead atoms. The van der Waals surface area contributed by atoms with Crippen LogP contribution in [-0.2, 0) is 4.79 Å². The van der Waals surface area contributed by atoms with Gasteiger partial charge in [0.1, 0.15) is 0 Å². The molecule has 0 saturated heterocycles. The van der Waals surface area contributed by atoms with Crippen LogP contribution in [0.5, 0.6) is 0 Å². The fraction of sp³-hybridized carbons (Fsp3) is 0.750. The van der Waals surface area contributed by atoms with E-state index in [-0.39, 0.29) is 5.91 Å². The molecule has 2 unspecified atom stereocenters. The van der Waals surface area contributed by atoms with Crippen molar-refractivity contribution in [2.75, 3.05) is 0 Å². The Morgan fingerprint density at radius 2 is 2.07 bits per heavy atom. The molecule has 1 amide bonds. The predicted octanol–water partition coefficient (Wildman–Crippen LogP) is 2.65. The van der Waals surface area contributed by atoms with Crippen molar-refractivity contribution >= 4 is 5.91 Å². The molecule has 0 aromatic rings. The lowest BCUT2D eigenvalue weighted by atomic mass is 10.0. The van der Waals surface area contributed by atoms with Gasteiger partial charge in [-0.25, -0.2) is 0 Å². The molecule has 2 atom stereocenters. The van der Waals surface area contributed by atoms with Gasteiger partial charge in [0.2, 0.25) is 5.91 Å². The lowest BCUT2D eigenvalue weighted by molar-refractivity contribution is -0.117. The quantitative estimate of drug-likeness (QED) is 0.532. The van der Waals surface area contributed by atoms with Crippen LogP contribution in [0.15, 0.2) is 12.2 Å². The molecule has 1 aliphatic carbocycles. The molecule has 80 valence electrons. The average Bonchev–Trinajstić information content (AvgIpc) is 2.32. The van der Waals surface area contributed by atoms with E-state index >= 15 is 0 Å². The number of hydrogen-bond donors (Lipinski definition) is 1. The summed E-state index contributed by atoms with van der Waals surface area (Å²) in [7, 11) is 0. The molecule has 0 aromatic heterocycles. The SMILES string of the molecule is C/C=C/C(=O)NC1CCCC(C)CC1. The Morgan fingerprint density at radius 3 is 2.79 bits per heavy atom. The highest BCUT2D eigenvalue weighted by molar-refractivity contribution is 5.87. The number of allylic oxidation sites excluding steroid dienone is 1. The molecule has 1 saturated carbocycles. The van der Waals surface area contributed by atoms with E-state index in [9.17, 15) is 4.79 Å². The number of amides is 1. The Morgan fingerprint density at radius 1 is 1.29 bits per heavy atom. The minimum Gasteiger partial charge on any atom is -0.350 e. The van der Waals surface area contributed by atoms with Gasteiger partial charge >= 0.3 is 0 Å². The van der Waals surface area contributed by atoms with Crippen molar-refractivity contribution in [3.63, 3.8) is 0 Å². The fourth-order valence-corrected chi connectivity index (χ4v) is 2.03. The van der Waals surface area contributed by atoms with Crippen LogP contribution in [0.4, 0.5) is 0 Å². The highest BCUT2D eigenvalue weighted by atomic mass is 16.1. The van der Waals surface area contributed by atoms with Crippen LogP contribution in [-0.4, -0.2) is 11.9 Å². The zero-order chi connectivity index (χ0) is 10.4. The van der Waals surface area contributed by atoms with Crippen LogP contribution in [0.3, 0.4) is 0 Å². The smallest absolute Gasteiger partial charge is 0.243 e. The topological polar surface area (TPSA) is 29.1 Å². The summed E-state index contributed by atoms with van der Waals surface area (Å²) in [5.74, 6) is 0.894. The van der Waals surface area contributed by atoms with Crippen LogP contribution < -0.4 is 5.32 Å². The second kappa shape index (κ2) is 5.84.